The van der Waals surface area contributed by atoms with Gasteiger partial charge in [-0.1, -0.05) is 17.7 Å². The van der Waals surface area contributed by atoms with E-state index in [1.54, 1.807) is 12.1 Å². The average molecular weight is 405 g/mol. The van der Waals surface area contributed by atoms with Crippen LogP contribution in [0.3, 0.4) is 0 Å². The molecule has 1 aliphatic rings. The third-order valence-electron chi connectivity index (χ3n) is 3.57. The number of rotatable bonds is 5. The average Bonchev–Trinajstić information content (AvgIpc) is 3.01. The van der Waals surface area contributed by atoms with Gasteiger partial charge in [0.2, 0.25) is 6.79 Å². The van der Waals surface area contributed by atoms with E-state index in [0.717, 1.165) is 21.2 Å². The van der Waals surface area contributed by atoms with Crippen LogP contribution in [0.15, 0.2) is 39.9 Å². The fourth-order valence-corrected chi connectivity index (χ4v) is 2.77. The van der Waals surface area contributed by atoms with Crippen molar-refractivity contribution in [3.05, 3.63) is 51.5 Å². The molecule has 0 saturated carbocycles. The summed E-state index contributed by atoms with van der Waals surface area (Å²) >= 11 is 3.43. The lowest BCUT2D eigenvalue weighted by molar-refractivity contribution is -0.123. The fourth-order valence-electron chi connectivity index (χ4n) is 2.34. The minimum absolute atomic E-state index is 0.108. The van der Waals surface area contributed by atoms with E-state index in [1.165, 1.54) is 6.21 Å². The number of amides is 1. The van der Waals surface area contributed by atoms with Crippen LogP contribution in [0.2, 0.25) is 0 Å². The van der Waals surface area contributed by atoms with Gasteiger partial charge in [-0.15, -0.1) is 0 Å². The molecule has 1 N–H and O–H groups in total. The first kappa shape index (κ1) is 17.3. The lowest BCUT2D eigenvalue weighted by atomic mass is 10.1. The first-order valence-corrected chi connectivity index (χ1v) is 8.43. The van der Waals surface area contributed by atoms with Gasteiger partial charge in [-0.3, -0.25) is 4.79 Å². The monoisotopic (exact) mass is 404 g/mol. The zero-order valence-electron chi connectivity index (χ0n) is 13.8. The van der Waals surface area contributed by atoms with Gasteiger partial charge in [0, 0.05) is 10.0 Å². The Morgan fingerprint density at radius 3 is 2.80 bits per heavy atom. The Kier molecular flexibility index (Phi) is 5.23. The number of benzene rings is 2. The molecular formula is C18H17BrN2O4. The molecule has 1 heterocycles. The maximum absolute atomic E-state index is 11.9. The highest BCUT2D eigenvalue weighted by molar-refractivity contribution is 9.10. The predicted octanol–water partition coefficient (Wildman–Crippen LogP) is 3.32. The van der Waals surface area contributed by atoms with Crippen molar-refractivity contribution >= 4 is 28.1 Å². The highest BCUT2D eigenvalue weighted by Gasteiger charge is 2.15. The summed E-state index contributed by atoms with van der Waals surface area (Å²) in [4.78, 5) is 11.9. The molecule has 1 aliphatic heterocycles. The second-order valence-electron chi connectivity index (χ2n) is 5.58. The van der Waals surface area contributed by atoms with Crippen LogP contribution >= 0.6 is 15.9 Å². The molecule has 2 aromatic rings. The summed E-state index contributed by atoms with van der Waals surface area (Å²) in [6.07, 6.45) is 1.53. The lowest BCUT2D eigenvalue weighted by Gasteiger charge is -2.08. The summed E-state index contributed by atoms with van der Waals surface area (Å²) in [5.74, 6) is 1.67. The number of carbonyl (C=O) groups excluding carboxylic acids is 1. The topological polar surface area (TPSA) is 69.2 Å². The van der Waals surface area contributed by atoms with Crippen molar-refractivity contribution in [1.82, 2.24) is 5.43 Å². The Morgan fingerprint density at radius 2 is 2.04 bits per heavy atom. The van der Waals surface area contributed by atoms with Crippen LogP contribution in [0.1, 0.15) is 16.7 Å². The van der Waals surface area contributed by atoms with Crippen molar-refractivity contribution in [1.29, 1.82) is 0 Å². The van der Waals surface area contributed by atoms with Gasteiger partial charge in [0.05, 0.1) is 6.21 Å². The molecule has 2 aromatic carbocycles. The Balaban J connectivity index is 1.54. The molecule has 130 valence electrons. The van der Waals surface area contributed by atoms with Gasteiger partial charge in [-0.2, -0.15) is 5.10 Å². The fraction of sp³-hybridized carbons (Fsp3) is 0.222. The van der Waals surface area contributed by atoms with Crippen LogP contribution in [0, 0.1) is 13.8 Å². The molecule has 0 saturated heterocycles. The van der Waals surface area contributed by atoms with E-state index >= 15 is 0 Å². The summed E-state index contributed by atoms with van der Waals surface area (Å²) in [6, 6.07) is 9.38. The zero-order chi connectivity index (χ0) is 17.8. The number of hydrogen-bond donors (Lipinski definition) is 1. The van der Waals surface area contributed by atoms with Crippen LogP contribution < -0.4 is 19.6 Å². The molecule has 25 heavy (non-hydrogen) atoms. The third-order valence-corrected chi connectivity index (χ3v) is 4.26. The summed E-state index contributed by atoms with van der Waals surface area (Å²) in [7, 11) is 0. The standard InChI is InChI=1S/C18H17BrN2O4/c1-11-3-4-15(12(2)5-11)23-9-18(22)21-20-8-13-6-16-17(7-14(13)19)25-10-24-16/h3-8H,9-10H2,1-2H3,(H,21,22)/b20-8+. The Labute approximate surface area is 153 Å². The van der Waals surface area contributed by atoms with Crippen LogP contribution in [0.25, 0.3) is 0 Å². The third kappa shape index (κ3) is 4.30. The van der Waals surface area contributed by atoms with Crippen LogP contribution in [-0.2, 0) is 4.79 Å². The van der Waals surface area contributed by atoms with Crippen molar-refractivity contribution in [2.45, 2.75) is 13.8 Å². The number of halogens is 1. The Morgan fingerprint density at radius 1 is 1.28 bits per heavy atom. The van der Waals surface area contributed by atoms with Crippen molar-refractivity contribution in [2.75, 3.05) is 13.4 Å². The number of carbonyl (C=O) groups is 1. The molecular weight excluding hydrogens is 388 g/mol. The second-order valence-corrected chi connectivity index (χ2v) is 6.43. The minimum Gasteiger partial charge on any atom is -0.483 e. The first-order chi connectivity index (χ1) is 12.0. The van der Waals surface area contributed by atoms with Gasteiger partial charge < -0.3 is 14.2 Å². The number of ether oxygens (including phenoxy) is 3. The molecule has 0 spiro atoms. The smallest absolute Gasteiger partial charge is 0.277 e. The van der Waals surface area contributed by atoms with Crippen molar-refractivity contribution in [3.63, 3.8) is 0 Å². The second kappa shape index (κ2) is 7.57. The Hall–Kier alpha value is -2.54. The number of hydrogen-bond acceptors (Lipinski definition) is 5. The van der Waals surface area contributed by atoms with Crippen LogP contribution in [-0.4, -0.2) is 25.5 Å². The van der Waals surface area contributed by atoms with E-state index < -0.39 is 0 Å². The molecule has 0 aromatic heterocycles. The quantitative estimate of drug-likeness (QED) is 0.612. The van der Waals surface area contributed by atoms with Crippen molar-refractivity contribution in [2.24, 2.45) is 5.10 Å². The maximum Gasteiger partial charge on any atom is 0.277 e. The highest BCUT2D eigenvalue weighted by atomic mass is 79.9. The molecule has 0 aliphatic carbocycles. The minimum atomic E-state index is -0.340. The van der Waals surface area contributed by atoms with Gasteiger partial charge in [0.1, 0.15) is 5.75 Å². The van der Waals surface area contributed by atoms with Gasteiger partial charge in [-0.25, -0.2) is 5.43 Å². The van der Waals surface area contributed by atoms with Gasteiger partial charge in [0.15, 0.2) is 18.1 Å². The molecule has 3 rings (SSSR count). The summed E-state index contributed by atoms with van der Waals surface area (Å²) < 4.78 is 16.9. The Bertz CT molecular complexity index is 836. The molecule has 0 atom stereocenters. The van der Waals surface area contributed by atoms with E-state index in [4.69, 9.17) is 14.2 Å². The summed E-state index contributed by atoms with van der Waals surface area (Å²) in [5.41, 5.74) is 5.34. The number of nitrogens with zero attached hydrogens (tertiary/aromatic N) is 1. The molecule has 1 amide bonds. The summed E-state index contributed by atoms with van der Waals surface area (Å²) in [6.45, 7) is 4.04. The van der Waals surface area contributed by atoms with E-state index in [9.17, 15) is 4.79 Å². The van der Waals surface area contributed by atoms with E-state index in [-0.39, 0.29) is 19.3 Å². The predicted molar refractivity (Wildman–Crippen MR) is 97.4 cm³/mol. The number of nitrogens with one attached hydrogen (secondary N) is 1. The SMILES string of the molecule is Cc1ccc(OCC(=O)N/N=C/c2cc3c(cc2Br)OCO3)c(C)c1. The summed E-state index contributed by atoms with van der Waals surface area (Å²) in [5, 5.41) is 3.95. The number of hydrazone groups is 1. The van der Waals surface area contributed by atoms with Crippen LogP contribution in [0.4, 0.5) is 0 Å². The normalized spacial score (nSPS) is 12.4. The van der Waals surface area contributed by atoms with E-state index in [0.29, 0.717) is 17.2 Å². The van der Waals surface area contributed by atoms with Crippen LogP contribution in [0.5, 0.6) is 17.2 Å². The first-order valence-electron chi connectivity index (χ1n) is 7.64. The maximum atomic E-state index is 11.9. The zero-order valence-corrected chi connectivity index (χ0v) is 15.4. The molecule has 0 unspecified atom stereocenters. The molecule has 0 radical (unpaired) electrons. The van der Waals surface area contributed by atoms with E-state index in [1.807, 2.05) is 32.0 Å². The van der Waals surface area contributed by atoms with Crippen molar-refractivity contribution < 1.29 is 19.0 Å². The number of fused-ring (bicyclic) bond motifs is 1. The van der Waals surface area contributed by atoms with Gasteiger partial charge in [-0.05, 0) is 53.5 Å². The molecule has 7 heteroatoms. The molecule has 0 bridgehead atoms. The lowest BCUT2D eigenvalue weighted by Crippen LogP contribution is -2.24. The van der Waals surface area contributed by atoms with Gasteiger partial charge >= 0.3 is 0 Å². The molecule has 0 fully saturated rings. The number of aryl methyl sites for hydroxylation is 2. The van der Waals surface area contributed by atoms with E-state index in [2.05, 4.69) is 26.5 Å². The van der Waals surface area contributed by atoms with Gasteiger partial charge in [0.25, 0.3) is 5.91 Å². The molecule has 6 nitrogen and oxygen atoms in total. The van der Waals surface area contributed by atoms with Crippen molar-refractivity contribution in [3.8, 4) is 17.2 Å². The highest BCUT2D eigenvalue weighted by Crippen LogP contribution is 2.36. The largest absolute Gasteiger partial charge is 0.483 e.